The minimum Gasteiger partial charge on any atom is -0.480 e. The minimum atomic E-state index is -0.862. The van der Waals surface area contributed by atoms with Crippen molar-refractivity contribution in [3.63, 3.8) is 0 Å². The Bertz CT molecular complexity index is 842. The molecule has 0 saturated carbocycles. The van der Waals surface area contributed by atoms with Crippen LogP contribution >= 0.6 is 0 Å². The maximum Gasteiger partial charge on any atom is 0.320 e. The Morgan fingerprint density at radius 3 is 2.68 bits per heavy atom. The maximum atomic E-state index is 14.0. The number of carboxylic acids is 1. The molecule has 1 fully saturated rings. The van der Waals surface area contributed by atoms with E-state index in [0.717, 1.165) is 11.1 Å². The standard InChI is InChI=1S/C21H25FN4O2/c22-17-7-15(11-24-10-14-4-2-1-3-5-14)6-16(8-17)19(23)13-25-18-9-20(21(27)28)26-12-18/h1-8,13,18,20,24-26H,9-12,23H2,(H,27,28)/b19-13-. The van der Waals surface area contributed by atoms with Crippen LogP contribution in [0, 0.1) is 5.82 Å². The van der Waals surface area contributed by atoms with Crippen LogP contribution < -0.4 is 21.7 Å². The lowest BCUT2D eigenvalue weighted by Crippen LogP contribution is -2.30. The highest BCUT2D eigenvalue weighted by Crippen LogP contribution is 2.15. The van der Waals surface area contributed by atoms with Gasteiger partial charge in [0.15, 0.2) is 0 Å². The summed E-state index contributed by atoms with van der Waals surface area (Å²) in [5, 5.41) is 18.4. The van der Waals surface area contributed by atoms with Crippen molar-refractivity contribution in [1.29, 1.82) is 0 Å². The van der Waals surface area contributed by atoms with E-state index in [9.17, 15) is 9.18 Å². The van der Waals surface area contributed by atoms with Crippen molar-refractivity contribution in [2.75, 3.05) is 6.54 Å². The van der Waals surface area contributed by atoms with Gasteiger partial charge in [0, 0.05) is 37.4 Å². The van der Waals surface area contributed by atoms with Gasteiger partial charge < -0.3 is 26.8 Å². The second-order valence-electron chi connectivity index (χ2n) is 6.94. The van der Waals surface area contributed by atoms with E-state index in [2.05, 4.69) is 16.0 Å². The normalized spacial score (nSPS) is 19.5. The van der Waals surface area contributed by atoms with E-state index >= 15 is 0 Å². The number of aliphatic carboxylic acids is 1. The molecule has 2 unspecified atom stereocenters. The lowest BCUT2D eigenvalue weighted by Gasteiger charge is -2.12. The van der Waals surface area contributed by atoms with Gasteiger partial charge in [0.1, 0.15) is 11.9 Å². The SMILES string of the molecule is N/C(=C\NC1CNC(C(=O)O)C1)c1cc(F)cc(CNCc2ccccc2)c1. The van der Waals surface area contributed by atoms with Gasteiger partial charge in [-0.05, 0) is 35.7 Å². The lowest BCUT2D eigenvalue weighted by atomic mass is 10.1. The van der Waals surface area contributed by atoms with E-state index in [0.29, 0.717) is 37.3 Å². The summed E-state index contributed by atoms with van der Waals surface area (Å²) in [5.41, 5.74) is 9.05. The van der Waals surface area contributed by atoms with Crippen LogP contribution in [0.15, 0.2) is 54.7 Å². The third-order valence-electron chi connectivity index (χ3n) is 4.70. The molecule has 148 valence electrons. The Kier molecular flexibility index (Phi) is 6.62. The van der Waals surface area contributed by atoms with Crippen LogP contribution in [0.4, 0.5) is 4.39 Å². The van der Waals surface area contributed by atoms with Crippen molar-refractivity contribution in [3.8, 4) is 0 Å². The first kappa shape index (κ1) is 19.9. The topological polar surface area (TPSA) is 99.4 Å². The zero-order valence-electron chi connectivity index (χ0n) is 15.5. The molecule has 0 aliphatic carbocycles. The van der Waals surface area contributed by atoms with Crippen LogP contribution in [-0.4, -0.2) is 29.7 Å². The fourth-order valence-corrected chi connectivity index (χ4v) is 3.21. The average Bonchev–Trinajstić information content (AvgIpc) is 3.16. The summed E-state index contributed by atoms with van der Waals surface area (Å²) in [7, 11) is 0. The fraction of sp³-hybridized carbons (Fsp3) is 0.286. The van der Waals surface area contributed by atoms with E-state index < -0.39 is 12.0 Å². The molecule has 1 aliphatic heterocycles. The Morgan fingerprint density at radius 2 is 1.96 bits per heavy atom. The molecule has 6 N–H and O–H groups in total. The van der Waals surface area contributed by atoms with Gasteiger partial charge >= 0.3 is 5.97 Å². The average molecular weight is 384 g/mol. The molecule has 0 bridgehead atoms. The number of nitrogens with one attached hydrogen (secondary N) is 3. The van der Waals surface area contributed by atoms with Crippen molar-refractivity contribution in [1.82, 2.24) is 16.0 Å². The molecule has 2 atom stereocenters. The van der Waals surface area contributed by atoms with Crippen LogP contribution in [0.25, 0.3) is 5.70 Å². The molecule has 3 rings (SSSR count). The molecule has 0 aromatic heterocycles. The molecule has 2 aromatic rings. The molecule has 6 nitrogen and oxygen atoms in total. The van der Waals surface area contributed by atoms with Crippen LogP contribution in [-0.2, 0) is 17.9 Å². The summed E-state index contributed by atoms with van der Waals surface area (Å²) in [5.74, 6) is -1.21. The van der Waals surface area contributed by atoms with E-state index in [4.69, 9.17) is 10.8 Å². The predicted molar refractivity (Wildman–Crippen MR) is 107 cm³/mol. The number of carbonyl (C=O) groups is 1. The molecule has 0 spiro atoms. The third kappa shape index (κ3) is 5.55. The highest BCUT2D eigenvalue weighted by molar-refractivity contribution is 5.74. The summed E-state index contributed by atoms with van der Waals surface area (Å²) < 4.78 is 14.0. The van der Waals surface area contributed by atoms with Crippen LogP contribution in [0.5, 0.6) is 0 Å². The van der Waals surface area contributed by atoms with Gasteiger partial charge in [0.25, 0.3) is 0 Å². The number of nitrogens with two attached hydrogens (primary N) is 1. The molecule has 1 saturated heterocycles. The molecule has 1 heterocycles. The molecule has 0 radical (unpaired) electrons. The van der Waals surface area contributed by atoms with Crippen molar-refractivity contribution in [3.05, 3.63) is 77.2 Å². The Morgan fingerprint density at radius 1 is 1.21 bits per heavy atom. The summed E-state index contributed by atoms with van der Waals surface area (Å²) in [6.45, 7) is 1.75. The Balaban J connectivity index is 1.58. The summed E-state index contributed by atoms with van der Waals surface area (Å²) in [6.07, 6.45) is 2.09. The van der Waals surface area contributed by atoms with Crippen molar-refractivity contribution >= 4 is 11.7 Å². The smallest absolute Gasteiger partial charge is 0.320 e. The monoisotopic (exact) mass is 384 g/mol. The molecular weight excluding hydrogens is 359 g/mol. The second-order valence-corrected chi connectivity index (χ2v) is 6.94. The van der Waals surface area contributed by atoms with E-state index in [-0.39, 0.29) is 11.9 Å². The van der Waals surface area contributed by atoms with Gasteiger partial charge in [-0.25, -0.2) is 4.39 Å². The quantitative estimate of drug-likeness (QED) is 0.476. The zero-order chi connectivity index (χ0) is 19.9. The molecule has 0 amide bonds. The number of hydrogen-bond acceptors (Lipinski definition) is 5. The Labute approximate surface area is 163 Å². The molecule has 7 heteroatoms. The predicted octanol–water partition coefficient (Wildman–Crippen LogP) is 1.78. The summed E-state index contributed by atoms with van der Waals surface area (Å²) in [6, 6.07) is 14.1. The van der Waals surface area contributed by atoms with Gasteiger partial charge in [-0.15, -0.1) is 0 Å². The first-order chi connectivity index (χ1) is 13.5. The molecule has 2 aromatic carbocycles. The highest BCUT2D eigenvalue weighted by atomic mass is 19.1. The number of halogens is 1. The lowest BCUT2D eigenvalue weighted by molar-refractivity contribution is -0.139. The second kappa shape index (κ2) is 9.34. The van der Waals surface area contributed by atoms with Gasteiger partial charge in [0.05, 0.1) is 5.70 Å². The highest BCUT2D eigenvalue weighted by Gasteiger charge is 2.28. The van der Waals surface area contributed by atoms with Crippen LogP contribution in [0.1, 0.15) is 23.1 Å². The third-order valence-corrected chi connectivity index (χ3v) is 4.70. The summed E-state index contributed by atoms with van der Waals surface area (Å²) in [4.78, 5) is 11.0. The van der Waals surface area contributed by atoms with Crippen LogP contribution in [0.3, 0.4) is 0 Å². The molecule has 1 aliphatic rings. The van der Waals surface area contributed by atoms with Gasteiger partial charge in [-0.2, -0.15) is 0 Å². The molecule has 28 heavy (non-hydrogen) atoms. The first-order valence-corrected chi connectivity index (χ1v) is 9.23. The van der Waals surface area contributed by atoms with E-state index in [1.165, 1.54) is 12.1 Å². The van der Waals surface area contributed by atoms with Gasteiger partial charge in [-0.1, -0.05) is 30.3 Å². The van der Waals surface area contributed by atoms with Gasteiger partial charge in [-0.3, -0.25) is 4.79 Å². The largest absolute Gasteiger partial charge is 0.480 e. The minimum absolute atomic E-state index is 0.0276. The summed E-state index contributed by atoms with van der Waals surface area (Å²) >= 11 is 0. The van der Waals surface area contributed by atoms with Crippen molar-refractivity contribution in [2.45, 2.75) is 31.6 Å². The number of rotatable bonds is 8. The Hall–Kier alpha value is -2.90. The van der Waals surface area contributed by atoms with E-state index in [1.54, 1.807) is 6.20 Å². The maximum absolute atomic E-state index is 14.0. The number of hydrogen-bond donors (Lipinski definition) is 5. The molecular formula is C21H25FN4O2. The first-order valence-electron chi connectivity index (χ1n) is 9.23. The van der Waals surface area contributed by atoms with Crippen LogP contribution in [0.2, 0.25) is 0 Å². The fourth-order valence-electron chi connectivity index (χ4n) is 3.21. The number of carboxylic acid groups (broad SMARTS) is 1. The van der Waals surface area contributed by atoms with Gasteiger partial charge in [0.2, 0.25) is 0 Å². The number of benzene rings is 2. The zero-order valence-corrected chi connectivity index (χ0v) is 15.5. The van der Waals surface area contributed by atoms with Crippen molar-refractivity contribution in [2.24, 2.45) is 5.73 Å². The van der Waals surface area contributed by atoms with Crippen molar-refractivity contribution < 1.29 is 14.3 Å². The van der Waals surface area contributed by atoms with E-state index in [1.807, 2.05) is 36.4 Å².